The van der Waals surface area contributed by atoms with Crippen molar-refractivity contribution in [3.63, 3.8) is 0 Å². The molecule has 0 radical (unpaired) electrons. The van der Waals surface area contributed by atoms with E-state index in [1.54, 1.807) is 0 Å². The van der Waals surface area contributed by atoms with Crippen LogP contribution >= 0.6 is 0 Å². The van der Waals surface area contributed by atoms with Crippen LogP contribution in [0.5, 0.6) is 0 Å². The number of benzene rings is 9. The Bertz CT molecular complexity index is 3790. The molecule has 3 aromatic heterocycles. The Morgan fingerprint density at radius 1 is 0.339 bits per heavy atom. The lowest BCUT2D eigenvalue weighted by Crippen LogP contribution is -2.74. The molecule has 0 fully saturated rings. The van der Waals surface area contributed by atoms with E-state index in [1.165, 1.54) is 20.9 Å². The maximum Gasteiger partial charge on any atom is 0.179 e. The monoisotopic (exact) mass is 806 g/mol. The molecule has 0 spiro atoms. The quantitative estimate of drug-likeness (QED) is 0.124. The van der Waals surface area contributed by atoms with Crippen molar-refractivity contribution in [3.8, 4) is 23.5 Å². The lowest BCUT2D eigenvalue weighted by molar-refractivity contribution is 0.669. The molecule has 0 aliphatic rings. The fraction of sp³-hybridized carbons (Fsp3) is 0. The molecular weight excluding hydrogens is 773 g/mol. The van der Waals surface area contributed by atoms with E-state index in [2.05, 4.69) is 179 Å². The van der Waals surface area contributed by atoms with E-state index in [1.807, 2.05) is 48.5 Å². The number of furan rings is 1. The summed E-state index contributed by atoms with van der Waals surface area (Å²) in [6.45, 7) is 0. The molecular formula is C56H34N4OSi. The third kappa shape index (κ3) is 5.18. The van der Waals surface area contributed by atoms with Crippen LogP contribution in [-0.2, 0) is 0 Å². The molecule has 0 saturated carbocycles. The minimum atomic E-state index is -3.14. The molecule has 0 saturated heterocycles. The van der Waals surface area contributed by atoms with E-state index in [9.17, 15) is 10.5 Å². The van der Waals surface area contributed by atoms with Crippen LogP contribution in [0.2, 0.25) is 0 Å². The van der Waals surface area contributed by atoms with E-state index in [4.69, 9.17) is 4.42 Å². The molecule has 5 nitrogen and oxygen atoms in total. The maximum atomic E-state index is 10.8. The SMILES string of the molecule is N#Cc1cc(-n2c3ccccc3c3cc(C#N)ccc32)cc([Si](c2ccccc2)(c2ccccc2)c2ccc(-n3c4ccccc4c4cc5oc6ccccc6c5cc43)cc2)c1. The van der Waals surface area contributed by atoms with Gasteiger partial charge in [-0.3, -0.25) is 0 Å². The maximum absolute atomic E-state index is 10.8. The van der Waals surface area contributed by atoms with Gasteiger partial charge in [-0.1, -0.05) is 127 Å². The fourth-order valence-corrected chi connectivity index (χ4v) is 14.8. The number of aromatic nitrogens is 2. The van der Waals surface area contributed by atoms with Gasteiger partial charge in [0.2, 0.25) is 0 Å². The van der Waals surface area contributed by atoms with Crippen LogP contribution in [0.3, 0.4) is 0 Å². The van der Waals surface area contributed by atoms with Gasteiger partial charge in [-0.25, -0.2) is 0 Å². The zero-order valence-corrected chi connectivity index (χ0v) is 34.3. The van der Waals surface area contributed by atoms with Crippen molar-refractivity contribution >= 4 is 94.4 Å². The van der Waals surface area contributed by atoms with Gasteiger partial charge < -0.3 is 13.6 Å². The average molecular weight is 807 g/mol. The highest BCUT2D eigenvalue weighted by atomic mass is 28.3. The van der Waals surface area contributed by atoms with Gasteiger partial charge in [-0.15, -0.1) is 0 Å². The minimum absolute atomic E-state index is 0.584. The number of rotatable bonds is 6. The van der Waals surface area contributed by atoms with Crippen LogP contribution in [0, 0.1) is 22.7 Å². The Hall–Kier alpha value is -8.42. The summed E-state index contributed by atoms with van der Waals surface area (Å²) in [6.07, 6.45) is 0. The summed E-state index contributed by atoms with van der Waals surface area (Å²) in [6, 6.07) is 77.6. The summed E-state index contributed by atoms with van der Waals surface area (Å²) < 4.78 is 11.0. The summed E-state index contributed by atoms with van der Waals surface area (Å²) >= 11 is 0. The van der Waals surface area contributed by atoms with E-state index in [0.29, 0.717) is 11.1 Å². The van der Waals surface area contributed by atoms with Crippen LogP contribution < -0.4 is 20.7 Å². The Labute approximate surface area is 357 Å². The van der Waals surface area contributed by atoms with E-state index in [0.717, 1.165) is 76.7 Å². The molecule has 288 valence electrons. The van der Waals surface area contributed by atoms with Crippen LogP contribution in [0.15, 0.2) is 211 Å². The summed E-state index contributed by atoms with van der Waals surface area (Å²) in [7, 11) is -3.14. The van der Waals surface area contributed by atoms with Crippen LogP contribution in [0.4, 0.5) is 0 Å². The molecule has 0 aliphatic heterocycles. The van der Waals surface area contributed by atoms with E-state index < -0.39 is 8.07 Å². The van der Waals surface area contributed by atoms with Crippen molar-refractivity contribution in [2.24, 2.45) is 0 Å². The highest BCUT2D eigenvalue weighted by Gasteiger charge is 2.42. The van der Waals surface area contributed by atoms with Gasteiger partial charge in [0.25, 0.3) is 0 Å². The summed E-state index contributed by atoms with van der Waals surface area (Å²) in [5.41, 5.74) is 9.16. The van der Waals surface area contributed by atoms with E-state index in [-0.39, 0.29) is 0 Å². The Morgan fingerprint density at radius 2 is 0.887 bits per heavy atom. The molecule has 0 bridgehead atoms. The van der Waals surface area contributed by atoms with Gasteiger partial charge in [0, 0.05) is 43.7 Å². The Balaban J connectivity index is 1.12. The predicted octanol–water partition coefficient (Wildman–Crippen LogP) is 10.9. The van der Waals surface area contributed by atoms with Crippen LogP contribution in [-0.4, -0.2) is 17.2 Å². The minimum Gasteiger partial charge on any atom is -0.456 e. The topological polar surface area (TPSA) is 70.6 Å². The molecule has 12 aromatic rings. The fourth-order valence-electron chi connectivity index (χ4n) is 10.0. The number of nitrogens with zero attached hydrogens (tertiary/aromatic N) is 4. The van der Waals surface area contributed by atoms with Crippen molar-refractivity contribution in [3.05, 3.63) is 217 Å². The Morgan fingerprint density at radius 3 is 1.55 bits per heavy atom. The van der Waals surface area contributed by atoms with Crippen molar-refractivity contribution in [1.82, 2.24) is 9.13 Å². The number of hydrogen-bond donors (Lipinski definition) is 0. The second-order valence-electron chi connectivity index (χ2n) is 15.9. The highest BCUT2D eigenvalue weighted by Crippen LogP contribution is 2.38. The Kier molecular flexibility index (Phi) is 7.92. The first kappa shape index (κ1) is 35.5. The lowest BCUT2D eigenvalue weighted by Gasteiger charge is -2.35. The van der Waals surface area contributed by atoms with Gasteiger partial charge in [0.15, 0.2) is 8.07 Å². The molecule has 0 amide bonds. The van der Waals surface area contributed by atoms with Crippen molar-refractivity contribution in [1.29, 1.82) is 10.5 Å². The first-order valence-corrected chi connectivity index (χ1v) is 22.7. The molecule has 3 heterocycles. The van der Waals surface area contributed by atoms with Gasteiger partial charge in [0.05, 0.1) is 45.3 Å². The largest absolute Gasteiger partial charge is 0.456 e. The number of fused-ring (bicyclic) bond motifs is 9. The lowest BCUT2D eigenvalue weighted by atomic mass is 10.1. The first-order chi connectivity index (χ1) is 30.6. The average Bonchev–Trinajstić information content (AvgIpc) is 3.98. The van der Waals surface area contributed by atoms with Crippen LogP contribution in [0.25, 0.3) is 76.9 Å². The normalized spacial score (nSPS) is 11.8. The van der Waals surface area contributed by atoms with Gasteiger partial charge >= 0.3 is 0 Å². The molecule has 0 atom stereocenters. The molecule has 0 aliphatic carbocycles. The predicted molar refractivity (Wildman–Crippen MR) is 255 cm³/mol. The third-order valence-electron chi connectivity index (χ3n) is 12.7. The molecule has 12 rings (SSSR count). The van der Waals surface area contributed by atoms with Gasteiger partial charge in [-0.05, 0) is 99.6 Å². The van der Waals surface area contributed by atoms with Crippen LogP contribution in [0.1, 0.15) is 11.1 Å². The molecule has 6 heteroatoms. The highest BCUT2D eigenvalue weighted by molar-refractivity contribution is 7.20. The second kappa shape index (κ2) is 13.8. The van der Waals surface area contributed by atoms with Crippen molar-refractivity contribution in [2.75, 3.05) is 0 Å². The second-order valence-corrected chi connectivity index (χ2v) is 19.7. The standard InChI is InChI=1S/C56H34N4OSi/c57-35-37-23-28-53-48(31-37)45-17-7-11-21-52(45)60(53)40-29-38(36-58)30-44(32-40)62(41-13-3-1-4-14-41,42-15-5-2-6-16-42)43-26-24-39(25-27-43)59-51-20-10-8-18-46(51)49-34-56-50(33-54(49)59)47-19-9-12-22-55(47)61-56/h1-34H. The molecule has 62 heavy (non-hydrogen) atoms. The van der Waals surface area contributed by atoms with Gasteiger partial charge in [0.1, 0.15) is 11.2 Å². The summed E-state index contributed by atoms with van der Waals surface area (Å²) in [5, 5.41) is 31.9. The zero-order chi connectivity index (χ0) is 41.4. The van der Waals surface area contributed by atoms with E-state index >= 15 is 0 Å². The summed E-state index contributed by atoms with van der Waals surface area (Å²) in [5.74, 6) is 0. The van der Waals surface area contributed by atoms with Crippen molar-refractivity contribution < 1.29 is 4.42 Å². The first-order valence-electron chi connectivity index (χ1n) is 20.7. The number of hydrogen-bond acceptors (Lipinski definition) is 3. The third-order valence-corrected chi connectivity index (χ3v) is 17.4. The number of para-hydroxylation sites is 3. The molecule has 9 aromatic carbocycles. The van der Waals surface area contributed by atoms with Gasteiger partial charge in [-0.2, -0.15) is 10.5 Å². The molecule has 0 unspecified atom stereocenters. The zero-order valence-electron chi connectivity index (χ0n) is 33.3. The molecule has 0 N–H and O–H groups in total. The smallest absolute Gasteiger partial charge is 0.179 e. The summed E-state index contributed by atoms with van der Waals surface area (Å²) in [4.78, 5) is 0. The number of nitriles is 2. The van der Waals surface area contributed by atoms with Crippen molar-refractivity contribution in [2.45, 2.75) is 0 Å².